The fourth-order valence-electron chi connectivity index (χ4n) is 1.68. The number of nitrogens with two attached hydrogens (primary N) is 1. The van der Waals surface area contributed by atoms with Crippen molar-refractivity contribution in [3.05, 3.63) is 27.9 Å². The van der Waals surface area contributed by atoms with E-state index in [0.29, 0.717) is 16.9 Å². The number of fused-ring (bicyclic) bond motifs is 1. The predicted octanol–water partition coefficient (Wildman–Crippen LogP) is -0.173. The second kappa shape index (κ2) is 3.48. The van der Waals surface area contributed by atoms with E-state index in [9.17, 15) is 9.59 Å². The van der Waals surface area contributed by atoms with Gasteiger partial charge < -0.3 is 10.7 Å². The van der Waals surface area contributed by atoms with E-state index in [2.05, 4.69) is 9.97 Å². The second-order valence-corrected chi connectivity index (χ2v) is 3.73. The van der Waals surface area contributed by atoms with Gasteiger partial charge in [0, 0.05) is 5.69 Å². The molecule has 0 aromatic carbocycles. The van der Waals surface area contributed by atoms with Gasteiger partial charge in [-0.05, 0) is 19.9 Å². The van der Waals surface area contributed by atoms with Crippen molar-refractivity contribution in [1.82, 2.24) is 14.5 Å². The largest absolute Gasteiger partial charge is 0.368 e. The highest BCUT2D eigenvalue weighted by molar-refractivity contribution is 5.77. The molecule has 0 aliphatic carbocycles. The molecule has 0 radical (unpaired) electrons. The highest BCUT2D eigenvalue weighted by Crippen LogP contribution is 2.08. The molecular formula is C10H12N4O2. The molecule has 0 saturated heterocycles. The summed E-state index contributed by atoms with van der Waals surface area (Å²) in [6, 6.07) is 1.71. The van der Waals surface area contributed by atoms with Crippen molar-refractivity contribution >= 4 is 16.9 Å². The number of hydrogen-bond donors (Lipinski definition) is 2. The Kier molecular flexibility index (Phi) is 2.26. The van der Waals surface area contributed by atoms with Crippen LogP contribution in [0.15, 0.2) is 10.9 Å². The van der Waals surface area contributed by atoms with Crippen molar-refractivity contribution in [2.45, 2.75) is 20.4 Å². The molecule has 6 nitrogen and oxygen atoms in total. The van der Waals surface area contributed by atoms with Crippen LogP contribution in [0.5, 0.6) is 0 Å². The molecular weight excluding hydrogens is 208 g/mol. The molecule has 0 fully saturated rings. The Hall–Kier alpha value is -2.11. The zero-order valence-electron chi connectivity index (χ0n) is 9.07. The first-order valence-corrected chi connectivity index (χ1v) is 4.84. The summed E-state index contributed by atoms with van der Waals surface area (Å²) in [7, 11) is 0. The molecule has 0 atom stereocenters. The van der Waals surface area contributed by atoms with Crippen molar-refractivity contribution in [3.63, 3.8) is 0 Å². The zero-order valence-corrected chi connectivity index (χ0v) is 9.07. The quantitative estimate of drug-likeness (QED) is 0.735. The molecule has 6 heteroatoms. The Morgan fingerprint density at radius 1 is 1.56 bits per heavy atom. The Bertz CT molecular complexity index is 624. The number of carbonyl (C=O) groups excluding carboxylic acids is 1. The average molecular weight is 220 g/mol. The topological polar surface area (TPSA) is 93.8 Å². The van der Waals surface area contributed by atoms with E-state index in [0.717, 1.165) is 5.69 Å². The molecule has 0 spiro atoms. The van der Waals surface area contributed by atoms with Crippen LogP contribution in [-0.4, -0.2) is 20.4 Å². The summed E-state index contributed by atoms with van der Waals surface area (Å²) in [5.74, 6) is -0.0863. The van der Waals surface area contributed by atoms with E-state index >= 15 is 0 Å². The molecule has 0 saturated carbocycles. The van der Waals surface area contributed by atoms with Gasteiger partial charge in [0.1, 0.15) is 18.0 Å². The lowest BCUT2D eigenvalue weighted by atomic mass is 10.3. The molecule has 0 bridgehead atoms. The van der Waals surface area contributed by atoms with Crippen LogP contribution >= 0.6 is 0 Å². The lowest BCUT2D eigenvalue weighted by Crippen LogP contribution is -2.30. The van der Waals surface area contributed by atoms with Gasteiger partial charge in [-0.15, -0.1) is 0 Å². The summed E-state index contributed by atoms with van der Waals surface area (Å²) < 4.78 is 1.28. The normalized spacial score (nSPS) is 10.9. The van der Waals surface area contributed by atoms with Crippen LogP contribution in [0.2, 0.25) is 0 Å². The predicted molar refractivity (Wildman–Crippen MR) is 59.0 cm³/mol. The van der Waals surface area contributed by atoms with Gasteiger partial charge in [-0.1, -0.05) is 0 Å². The molecule has 16 heavy (non-hydrogen) atoms. The van der Waals surface area contributed by atoms with Gasteiger partial charge in [-0.3, -0.25) is 14.2 Å². The van der Waals surface area contributed by atoms with E-state index in [4.69, 9.17) is 5.73 Å². The van der Waals surface area contributed by atoms with E-state index in [1.54, 1.807) is 13.0 Å². The highest BCUT2D eigenvalue weighted by Gasteiger charge is 2.11. The Labute approximate surface area is 91.1 Å². The number of aromatic nitrogens is 3. The highest BCUT2D eigenvalue weighted by atomic mass is 16.2. The molecule has 0 unspecified atom stereocenters. The molecule has 2 aromatic heterocycles. The minimum atomic E-state index is -0.557. The number of aryl methyl sites for hydroxylation is 2. The number of carbonyl (C=O) groups is 1. The molecule has 2 heterocycles. The van der Waals surface area contributed by atoms with Gasteiger partial charge in [-0.25, -0.2) is 4.98 Å². The summed E-state index contributed by atoms with van der Waals surface area (Å²) in [6.45, 7) is 3.37. The average Bonchev–Trinajstić information content (AvgIpc) is 2.53. The van der Waals surface area contributed by atoms with Crippen molar-refractivity contribution in [2.75, 3.05) is 0 Å². The Balaban J connectivity index is 2.74. The smallest absolute Gasteiger partial charge is 0.263 e. The summed E-state index contributed by atoms with van der Waals surface area (Å²) in [4.78, 5) is 30.0. The maximum Gasteiger partial charge on any atom is 0.263 e. The summed E-state index contributed by atoms with van der Waals surface area (Å²) in [5.41, 5.74) is 6.23. The maximum absolute atomic E-state index is 12.0. The Morgan fingerprint density at radius 3 is 2.88 bits per heavy atom. The first-order chi connectivity index (χ1) is 7.49. The maximum atomic E-state index is 12.0. The number of hydrogen-bond acceptors (Lipinski definition) is 3. The van der Waals surface area contributed by atoms with Gasteiger partial charge in [0.05, 0.1) is 5.39 Å². The summed E-state index contributed by atoms with van der Waals surface area (Å²) in [6.07, 6.45) is 0. The molecule has 84 valence electrons. The van der Waals surface area contributed by atoms with Crippen molar-refractivity contribution in [3.8, 4) is 0 Å². The summed E-state index contributed by atoms with van der Waals surface area (Å²) >= 11 is 0. The fraction of sp³-hybridized carbons (Fsp3) is 0.300. The number of aromatic amines is 1. The third-order valence-corrected chi connectivity index (χ3v) is 2.39. The third kappa shape index (κ3) is 1.58. The van der Waals surface area contributed by atoms with Crippen LogP contribution in [0.3, 0.4) is 0 Å². The fourth-order valence-corrected chi connectivity index (χ4v) is 1.68. The van der Waals surface area contributed by atoms with Crippen LogP contribution < -0.4 is 11.3 Å². The minimum absolute atomic E-state index is 0.141. The van der Waals surface area contributed by atoms with Crippen LogP contribution in [-0.2, 0) is 11.3 Å². The molecule has 2 rings (SSSR count). The molecule has 1 amide bonds. The van der Waals surface area contributed by atoms with Gasteiger partial charge in [0.15, 0.2) is 0 Å². The third-order valence-electron chi connectivity index (χ3n) is 2.39. The lowest BCUT2D eigenvalue weighted by molar-refractivity contribution is -0.118. The molecule has 0 aliphatic rings. The first kappa shape index (κ1) is 10.4. The zero-order chi connectivity index (χ0) is 11.9. The van der Waals surface area contributed by atoms with Crippen LogP contribution in [0.25, 0.3) is 11.0 Å². The van der Waals surface area contributed by atoms with Gasteiger partial charge >= 0.3 is 0 Å². The van der Waals surface area contributed by atoms with Crippen LogP contribution in [0.4, 0.5) is 0 Å². The van der Waals surface area contributed by atoms with E-state index in [-0.39, 0.29) is 12.1 Å². The molecule has 3 N–H and O–H groups in total. The van der Waals surface area contributed by atoms with E-state index < -0.39 is 5.91 Å². The van der Waals surface area contributed by atoms with Crippen LogP contribution in [0, 0.1) is 13.8 Å². The monoisotopic (exact) mass is 220 g/mol. The summed E-state index contributed by atoms with van der Waals surface area (Å²) in [5, 5.41) is 0.476. The number of nitrogens with one attached hydrogen (secondary N) is 1. The van der Waals surface area contributed by atoms with Crippen molar-refractivity contribution in [1.29, 1.82) is 0 Å². The van der Waals surface area contributed by atoms with Crippen molar-refractivity contribution < 1.29 is 4.79 Å². The number of H-pyrrole nitrogens is 1. The first-order valence-electron chi connectivity index (χ1n) is 4.84. The number of rotatable bonds is 2. The molecule has 2 aromatic rings. The number of primary amides is 1. The standard InChI is InChI=1S/C10H12N4O2/c1-5-3-7-9(12-5)13-6(2)14(10(7)16)4-8(11)15/h3,12H,4H2,1-2H3,(H2,11,15). The van der Waals surface area contributed by atoms with Gasteiger partial charge in [-0.2, -0.15) is 0 Å². The SMILES string of the molecule is Cc1cc2c(=O)n(CC(N)=O)c(C)nc2[nH]1. The second-order valence-electron chi connectivity index (χ2n) is 3.73. The number of amides is 1. The Morgan fingerprint density at radius 2 is 2.25 bits per heavy atom. The molecule has 0 aliphatic heterocycles. The van der Waals surface area contributed by atoms with Crippen molar-refractivity contribution in [2.24, 2.45) is 5.73 Å². The van der Waals surface area contributed by atoms with Crippen LogP contribution in [0.1, 0.15) is 11.5 Å². The number of nitrogens with zero attached hydrogens (tertiary/aromatic N) is 2. The van der Waals surface area contributed by atoms with Gasteiger partial charge in [0.2, 0.25) is 5.91 Å². The minimum Gasteiger partial charge on any atom is -0.368 e. The van der Waals surface area contributed by atoms with E-state index in [1.807, 2.05) is 6.92 Å². The van der Waals surface area contributed by atoms with E-state index in [1.165, 1.54) is 4.57 Å². The van der Waals surface area contributed by atoms with Gasteiger partial charge in [0.25, 0.3) is 5.56 Å². The lowest BCUT2D eigenvalue weighted by Gasteiger charge is -2.06.